The average molecular weight is 356 g/mol. The highest BCUT2D eigenvalue weighted by Crippen LogP contribution is 2.24. The van der Waals surface area contributed by atoms with Gasteiger partial charge in [-0.05, 0) is 30.2 Å². The number of nitrogens with one attached hydrogen (secondary N) is 2. The van der Waals surface area contributed by atoms with E-state index in [2.05, 4.69) is 15.3 Å². The Balaban J connectivity index is 1.68. The molecule has 8 heteroatoms. The first-order valence-electron chi connectivity index (χ1n) is 8.36. The van der Waals surface area contributed by atoms with Crippen molar-refractivity contribution >= 4 is 17.8 Å². The summed E-state index contributed by atoms with van der Waals surface area (Å²) in [5.74, 6) is -2.90. The fourth-order valence-electron chi connectivity index (χ4n) is 3.10. The van der Waals surface area contributed by atoms with Crippen molar-refractivity contribution in [3.8, 4) is 0 Å². The number of carbonyl (C=O) groups is 3. The Kier molecular flexibility index (Phi) is 5.31. The van der Waals surface area contributed by atoms with Gasteiger partial charge in [-0.3, -0.25) is 19.4 Å². The molecule has 0 unspecified atom stereocenters. The molecule has 1 aliphatic rings. The Morgan fingerprint density at radius 3 is 2.69 bits per heavy atom. The number of piperidine rings is 1. The molecule has 0 aromatic carbocycles. The van der Waals surface area contributed by atoms with E-state index in [0.717, 1.165) is 5.56 Å². The lowest BCUT2D eigenvalue weighted by Crippen LogP contribution is -2.50. The molecule has 3 N–H and O–H groups in total. The zero-order valence-electron chi connectivity index (χ0n) is 14.1. The summed E-state index contributed by atoms with van der Waals surface area (Å²) in [4.78, 5) is 44.8. The van der Waals surface area contributed by atoms with Crippen LogP contribution in [0.5, 0.6) is 0 Å². The van der Waals surface area contributed by atoms with E-state index < -0.39 is 17.8 Å². The lowest BCUT2D eigenvalue weighted by molar-refractivity contribution is -0.144. The number of hydrogen-bond donors (Lipinski definition) is 3. The molecular formula is C18H20N4O4. The number of rotatable bonds is 5. The fourth-order valence-corrected chi connectivity index (χ4v) is 3.10. The smallest absolute Gasteiger partial charge is 0.308 e. The molecule has 2 amide bonds. The van der Waals surface area contributed by atoms with Crippen LogP contribution in [0.4, 0.5) is 0 Å². The zero-order valence-corrected chi connectivity index (χ0v) is 14.1. The molecule has 0 spiro atoms. The first-order valence-corrected chi connectivity index (χ1v) is 8.36. The van der Waals surface area contributed by atoms with E-state index in [4.69, 9.17) is 0 Å². The van der Waals surface area contributed by atoms with Crippen molar-refractivity contribution in [2.24, 2.45) is 11.8 Å². The highest BCUT2D eigenvalue weighted by molar-refractivity contribution is 5.93. The van der Waals surface area contributed by atoms with Crippen molar-refractivity contribution < 1.29 is 19.5 Å². The third-order valence-electron chi connectivity index (χ3n) is 4.48. The van der Waals surface area contributed by atoms with Crippen molar-refractivity contribution in [2.75, 3.05) is 13.1 Å². The maximum Gasteiger partial charge on any atom is 0.308 e. The van der Waals surface area contributed by atoms with Crippen molar-refractivity contribution in [3.05, 3.63) is 54.1 Å². The van der Waals surface area contributed by atoms with E-state index in [1.54, 1.807) is 36.8 Å². The van der Waals surface area contributed by atoms with Gasteiger partial charge in [0.05, 0.1) is 11.8 Å². The highest BCUT2D eigenvalue weighted by Gasteiger charge is 2.37. The van der Waals surface area contributed by atoms with Crippen LogP contribution in [0.2, 0.25) is 0 Å². The summed E-state index contributed by atoms with van der Waals surface area (Å²) in [6.45, 7) is 0.603. The number of nitrogens with zero attached hydrogens (tertiary/aromatic N) is 2. The van der Waals surface area contributed by atoms with Crippen LogP contribution in [-0.4, -0.2) is 50.8 Å². The monoisotopic (exact) mass is 356 g/mol. The number of carbonyl (C=O) groups excluding carboxylic acids is 2. The summed E-state index contributed by atoms with van der Waals surface area (Å²) >= 11 is 0. The molecule has 2 aromatic heterocycles. The molecule has 0 aliphatic carbocycles. The molecule has 2 atom stereocenters. The molecular weight excluding hydrogens is 336 g/mol. The minimum atomic E-state index is -1.00. The summed E-state index contributed by atoms with van der Waals surface area (Å²) in [7, 11) is 0. The van der Waals surface area contributed by atoms with Gasteiger partial charge >= 0.3 is 5.97 Å². The summed E-state index contributed by atoms with van der Waals surface area (Å²) in [5.41, 5.74) is 1.23. The standard InChI is InChI=1S/C18H20N4O4/c23-16(21-9-12-3-1-5-19-8-12)13-7-14(18(25)26)11-22(10-13)17(24)15-4-2-6-20-15/h1-6,8,13-14,20H,7,9-11H2,(H,21,23)(H,25,26)/t13-,14+/m1/s1. The topological polar surface area (TPSA) is 115 Å². The number of hydrogen-bond acceptors (Lipinski definition) is 4. The lowest BCUT2D eigenvalue weighted by Gasteiger charge is -2.35. The first kappa shape index (κ1) is 17.7. The number of H-pyrrole nitrogens is 1. The number of carboxylic acids is 1. The first-order chi connectivity index (χ1) is 12.5. The Morgan fingerprint density at radius 2 is 2.04 bits per heavy atom. The van der Waals surface area contributed by atoms with Crippen LogP contribution >= 0.6 is 0 Å². The molecule has 1 saturated heterocycles. The highest BCUT2D eigenvalue weighted by atomic mass is 16.4. The van der Waals surface area contributed by atoms with Gasteiger partial charge < -0.3 is 20.3 Å². The molecule has 8 nitrogen and oxygen atoms in total. The summed E-state index contributed by atoms with van der Waals surface area (Å²) in [6, 6.07) is 6.95. The van der Waals surface area contributed by atoms with Crippen molar-refractivity contribution in [1.82, 2.24) is 20.2 Å². The van der Waals surface area contributed by atoms with Crippen LogP contribution in [0.1, 0.15) is 22.5 Å². The van der Waals surface area contributed by atoms with Crippen molar-refractivity contribution in [2.45, 2.75) is 13.0 Å². The number of pyridine rings is 1. The van der Waals surface area contributed by atoms with E-state index in [1.807, 2.05) is 6.07 Å². The fraction of sp³-hybridized carbons (Fsp3) is 0.333. The van der Waals surface area contributed by atoms with Crippen LogP contribution in [0, 0.1) is 11.8 Å². The van der Waals surface area contributed by atoms with Gasteiger partial charge in [0.2, 0.25) is 5.91 Å². The predicted molar refractivity (Wildman–Crippen MR) is 92.0 cm³/mol. The molecule has 2 aromatic rings. The molecule has 26 heavy (non-hydrogen) atoms. The van der Waals surface area contributed by atoms with Crippen LogP contribution < -0.4 is 5.32 Å². The van der Waals surface area contributed by atoms with E-state index >= 15 is 0 Å². The Bertz CT molecular complexity index is 776. The molecule has 1 aliphatic heterocycles. The number of aliphatic carboxylic acids is 1. The SMILES string of the molecule is O=C(O)[C@H]1C[C@@H](C(=O)NCc2cccnc2)CN(C(=O)c2ccc[nH]2)C1. The Labute approximate surface area is 150 Å². The second-order valence-corrected chi connectivity index (χ2v) is 6.34. The van der Waals surface area contributed by atoms with E-state index in [-0.39, 0.29) is 31.3 Å². The third-order valence-corrected chi connectivity index (χ3v) is 4.48. The molecule has 3 rings (SSSR count). The van der Waals surface area contributed by atoms with E-state index in [0.29, 0.717) is 12.2 Å². The van der Waals surface area contributed by atoms with Crippen LogP contribution in [0.15, 0.2) is 42.9 Å². The normalized spacial score (nSPS) is 19.8. The third kappa shape index (κ3) is 4.08. The molecule has 0 bridgehead atoms. The minimum Gasteiger partial charge on any atom is -0.481 e. The van der Waals surface area contributed by atoms with Gasteiger partial charge in [0.15, 0.2) is 0 Å². The van der Waals surface area contributed by atoms with Gasteiger partial charge in [-0.1, -0.05) is 6.07 Å². The van der Waals surface area contributed by atoms with Crippen molar-refractivity contribution in [1.29, 1.82) is 0 Å². The van der Waals surface area contributed by atoms with Gasteiger partial charge in [-0.15, -0.1) is 0 Å². The summed E-state index contributed by atoms with van der Waals surface area (Å²) in [6.07, 6.45) is 5.14. The van der Waals surface area contributed by atoms with E-state index in [1.165, 1.54) is 4.90 Å². The second-order valence-electron chi connectivity index (χ2n) is 6.34. The largest absolute Gasteiger partial charge is 0.481 e. The average Bonchev–Trinajstić information content (AvgIpc) is 3.20. The van der Waals surface area contributed by atoms with Crippen LogP contribution in [0.25, 0.3) is 0 Å². The predicted octanol–water partition coefficient (Wildman–Crippen LogP) is 0.889. The van der Waals surface area contributed by atoms with Gasteiger partial charge in [0, 0.05) is 38.2 Å². The number of aromatic amines is 1. The van der Waals surface area contributed by atoms with Crippen LogP contribution in [-0.2, 0) is 16.1 Å². The maximum absolute atomic E-state index is 12.5. The van der Waals surface area contributed by atoms with Crippen LogP contribution in [0.3, 0.4) is 0 Å². The second kappa shape index (κ2) is 7.81. The summed E-state index contributed by atoms with van der Waals surface area (Å²) in [5, 5.41) is 12.2. The molecule has 0 radical (unpaired) electrons. The Morgan fingerprint density at radius 1 is 1.23 bits per heavy atom. The van der Waals surface area contributed by atoms with Gasteiger partial charge in [0.25, 0.3) is 5.91 Å². The lowest BCUT2D eigenvalue weighted by atomic mass is 9.88. The molecule has 136 valence electrons. The number of amides is 2. The number of aromatic nitrogens is 2. The minimum absolute atomic E-state index is 0.0968. The molecule has 3 heterocycles. The van der Waals surface area contributed by atoms with Crippen molar-refractivity contribution in [3.63, 3.8) is 0 Å². The molecule has 0 saturated carbocycles. The Hall–Kier alpha value is -3.16. The number of carboxylic acid groups (broad SMARTS) is 1. The van der Waals surface area contributed by atoms with Gasteiger partial charge in [0.1, 0.15) is 5.69 Å². The summed E-state index contributed by atoms with van der Waals surface area (Å²) < 4.78 is 0. The number of likely N-dealkylation sites (tertiary alicyclic amines) is 1. The van der Waals surface area contributed by atoms with Gasteiger partial charge in [-0.2, -0.15) is 0 Å². The quantitative estimate of drug-likeness (QED) is 0.736. The van der Waals surface area contributed by atoms with Gasteiger partial charge in [-0.25, -0.2) is 0 Å². The van der Waals surface area contributed by atoms with E-state index in [9.17, 15) is 19.5 Å². The molecule has 1 fully saturated rings. The zero-order chi connectivity index (χ0) is 18.5. The maximum atomic E-state index is 12.5.